The van der Waals surface area contributed by atoms with E-state index in [2.05, 4.69) is 20.9 Å². The zero-order valence-electron chi connectivity index (χ0n) is 20.2. The van der Waals surface area contributed by atoms with E-state index in [1.165, 1.54) is 4.90 Å². The number of carbonyl (C=O) groups excluding carboxylic acids is 2. The Bertz CT molecular complexity index is 950. The van der Waals surface area contributed by atoms with E-state index in [1.54, 1.807) is 4.90 Å². The number of carbonyl (C=O) groups is 2. The lowest BCUT2D eigenvalue weighted by atomic mass is 9.80. The summed E-state index contributed by atoms with van der Waals surface area (Å²) in [5.41, 5.74) is 5.05. The largest absolute Gasteiger partial charge is 0.327 e. The number of urea groups is 1. The number of nitrogens with one attached hydrogen (secondary N) is 4. The van der Waals surface area contributed by atoms with Gasteiger partial charge in [-0.15, -0.1) is 0 Å². The normalized spacial score (nSPS) is 37.7. The van der Waals surface area contributed by atoms with Crippen LogP contribution >= 0.6 is 0 Å². The molecular weight excluding hydrogens is 481 g/mol. The molecule has 3 saturated heterocycles. The first-order valence-corrected chi connectivity index (χ1v) is 14.0. The van der Waals surface area contributed by atoms with Gasteiger partial charge in [0.25, 0.3) is 0 Å². The number of halogens is 1. The van der Waals surface area contributed by atoms with E-state index in [0.717, 1.165) is 0 Å². The zero-order valence-corrected chi connectivity index (χ0v) is 21.0. The Hall–Kier alpha value is -1.42. The minimum atomic E-state index is -3.80. The summed E-state index contributed by atoms with van der Waals surface area (Å²) < 4.78 is 42.2. The first-order valence-electron chi connectivity index (χ1n) is 12.4. The third-order valence-electron chi connectivity index (χ3n) is 8.07. The molecule has 35 heavy (non-hydrogen) atoms. The van der Waals surface area contributed by atoms with Gasteiger partial charge in [-0.3, -0.25) is 19.8 Å². The average Bonchev–Trinajstić information content (AvgIpc) is 3.27. The van der Waals surface area contributed by atoms with Gasteiger partial charge in [-0.05, 0) is 45.4 Å². The Labute approximate surface area is 205 Å². The predicted molar refractivity (Wildman–Crippen MR) is 124 cm³/mol. The van der Waals surface area contributed by atoms with Crippen LogP contribution in [-0.2, 0) is 19.7 Å². The van der Waals surface area contributed by atoms with Gasteiger partial charge in [0.2, 0.25) is 15.9 Å². The van der Waals surface area contributed by atoms with Crippen molar-refractivity contribution in [3.05, 3.63) is 0 Å². The molecule has 12 nitrogen and oxygen atoms in total. The summed E-state index contributed by atoms with van der Waals surface area (Å²) in [7, 11) is -1.92. The van der Waals surface area contributed by atoms with Crippen molar-refractivity contribution in [3.8, 4) is 0 Å². The highest BCUT2D eigenvalue weighted by atomic mass is 32.2. The van der Waals surface area contributed by atoms with Crippen LogP contribution in [0.1, 0.15) is 45.4 Å². The fourth-order valence-corrected chi connectivity index (χ4v) is 7.67. The van der Waals surface area contributed by atoms with Gasteiger partial charge in [0.1, 0.15) is 6.67 Å². The van der Waals surface area contributed by atoms with Crippen molar-refractivity contribution in [1.29, 1.82) is 0 Å². The number of likely N-dealkylation sites (N-methyl/N-ethyl adjacent to an activating group) is 1. The van der Waals surface area contributed by atoms with Crippen LogP contribution < -0.4 is 20.9 Å². The number of hydroxylamine groups is 1. The highest BCUT2D eigenvalue weighted by Gasteiger charge is 2.54. The molecule has 5 aliphatic rings. The third-order valence-corrected chi connectivity index (χ3v) is 10.1. The Kier molecular flexibility index (Phi) is 6.83. The summed E-state index contributed by atoms with van der Waals surface area (Å²) >= 11 is 0. The summed E-state index contributed by atoms with van der Waals surface area (Å²) in [6.45, 7) is 2.27. The number of alkyl halides is 1. The molecule has 6 atom stereocenters. The highest BCUT2D eigenvalue weighted by Crippen LogP contribution is 2.41. The van der Waals surface area contributed by atoms with Crippen LogP contribution in [0.4, 0.5) is 9.18 Å². The van der Waals surface area contributed by atoms with Gasteiger partial charge in [-0.2, -0.15) is 5.48 Å². The second kappa shape index (κ2) is 9.47. The second-order valence-corrected chi connectivity index (χ2v) is 12.7. The molecule has 0 aromatic carbocycles. The maximum Gasteiger partial charge on any atom is 0.327 e. The third kappa shape index (κ3) is 4.93. The molecule has 5 fully saturated rings. The van der Waals surface area contributed by atoms with Crippen molar-refractivity contribution in [2.75, 3.05) is 33.5 Å². The fourth-order valence-electron chi connectivity index (χ4n) is 5.74. The van der Waals surface area contributed by atoms with Gasteiger partial charge in [0.05, 0.1) is 48.7 Å². The van der Waals surface area contributed by atoms with E-state index < -0.39 is 33.4 Å². The zero-order chi connectivity index (χ0) is 25.0. The number of fused-ring (bicyclic) bond motifs is 1. The van der Waals surface area contributed by atoms with Crippen molar-refractivity contribution in [2.45, 2.75) is 80.6 Å². The summed E-state index contributed by atoms with van der Waals surface area (Å²) in [6.07, 6.45) is 1.99. The van der Waals surface area contributed by atoms with E-state index in [4.69, 9.17) is 4.84 Å². The van der Waals surface area contributed by atoms with E-state index in [9.17, 15) is 22.4 Å². The molecular formula is C21H36FN7O5S. The van der Waals surface area contributed by atoms with E-state index in [-0.39, 0.29) is 49.3 Å². The number of sulfonamides is 1. The molecule has 5 rings (SSSR count). The van der Waals surface area contributed by atoms with Crippen LogP contribution in [0.3, 0.4) is 0 Å². The molecule has 2 saturated carbocycles. The summed E-state index contributed by atoms with van der Waals surface area (Å²) in [6, 6.07) is -0.636. The van der Waals surface area contributed by atoms with Crippen LogP contribution in [0.25, 0.3) is 0 Å². The highest BCUT2D eigenvalue weighted by molar-refractivity contribution is 7.90. The maximum absolute atomic E-state index is 13.6. The minimum Gasteiger partial charge on any atom is -0.318 e. The molecule has 3 amide bonds. The molecule has 0 bridgehead atoms. The smallest absolute Gasteiger partial charge is 0.318 e. The van der Waals surface area contributed by atoms with Crippen molar-refractivity contribution < 1.29 is 27.2 Å². The van der Waals surface area contributed by atoms with Crippen molar-refractivity contribution in [3.63, 3.8) is 0 Å². The summed E-state index contributed by atoms with van der Waals surface area (Å²) in [5.74, 6) is -0.994. The van der Waals surface area contributed by atoms with Crippen LogP contribution in [-0.4, -0.2) is 104 Å². The average molecular weight is 518 g/mol. The number of imide groups is 1. The quantitative estimate of drug-likeness (QED) is 0.327. The van der Waals surface area contributed by atoms with E-state index in [1.807, 2.05) is 19.0 Å². The molecule has 6 unspecified atom stereocenters. The number of amides is 3. The number of hydrogen-bond donors (Lipinski definition) is 4. The Morgan fingerprint density at radius 1 is 1.20 bits per heavy atom. The van der Waals surface area contributed by atoms with Crippen LogP contribution in [0, 0.1) is 5.92 Å². The van der Waals surface area contributed by atoms with E-state index in [0.29, 0.717) is 45.3 Å². The monoisotopic (exact) mass is 517 g/mol. The van der Waals surface area contributed by atoms with E-state index >= 15 is 0 Å². The van der Waals surface area contributed by atoms with Gasteiger partial charge in [-0.25, -0.2) is 32.8 Å². The van der Waals surface area contributed by atoms with Gasteiger partial charge >= 0.3 is 6.03 Å². The second-order valence-electron chi connectivity index (χ2n) is 10.7. The summed E-state index contributed by atoms with van der Waals surface area (Å²) in [5, 5.41) is 4.38. The lowest BCUT2D eigenvalue weighted by Crippen LogP contribution is -2.67. The lowest BCUT2D eigenvalue weighted by Gasteiger charge is -2.49. The van der Waals surface area contributed by atoms with Crippen LogP contribution in [0.2, 0.25) is 0 Å². The van der Waals surface area contributed by atoms with Crippen molar-refractivity contribution in [1.82, 2.24) is 35.8 Å². The van der Waals surface area contributed by atoms with Gasteiger partial charge in [0, 0.05) is 19.1 Å². The van der Waals surface area contributed by atoms with Crippen molar-refractivity contribution >= 4 is 22.0 Å². The summed E-state index contributed by atoms with van der Waals surface area (Å²) in [4.78, 5) is 35.7. The Morgan fingerprint density at radius 2 is 1.97 bits per heavy atom. The van der Waals surface area contributed by atoms with Crippen LogP contribution in [0.5, 0.6) is 0 Å². The van der Waals surface area contributed by atoms with Gasteiger partial charge in [0.15, 0.2) is 0 Å². The van der Waals surface area contributed by atoms with Gasteiger partial charge in [-0.1, -0.05) is 0 Å². The predicted octanol–water partition coefficient (Wildman–Crippen LogP) is -0.785. The molecule has 0 radical (unpaired) electrons. The lowest BCUT2D eigenvalue weighted by molar-refractivity contribution is -0.142. The Morgan fingerprint density at radius 3 is 2.57 bits per heavy atom. The Balaban J connectivity index is 1.37. The SMILES string of the molecule is CC1CC(CN2C(=O)C3CC(S(=O)(=O)NC4(CF)CC4)CCC3N(CC3NCNN3C)C2=O)ON1. The molecule has 3 aliphatic heterocycles. The standard InChI is InChI=1S/C21H36FN7O5S/c1-13-7-14(34-25-13)9-29-19(30)16-8-15(35(32,33)26-21(11-22)5-6-21)3-4-17(16)28(20(29)31)10-18-23-12-24-27(18)2/h13-18,23-26H,3-12H2,1-2H3. The topological polar surface area (TPSA) is 135 Å². The molecule has 3 heterocycles. The fraction of sp³-hybridized carbons (Fsp3) is 0.905. The molecule has 2 aliphatic carbocycles. The molecule has 0 aromatic heterocycles. The molecule has 198 valence electrons. The van der Waals surface area contributed by atoms with Crippen LogP contribution in [0.15, 0.2) is 0 Å². The maximum atomic E-state index is 13.6. The number of rotatable bonds is 8. The first-order chi connectivity index (χ1) is 16.6. The molecule has 14 heteroatoms. The molecule has 0 aromatic rings. The number of nitrogens with zero attached hydrogens (tertiary/aromatic N) is 3. The van der Waals surface area contributed by atoms with Crippen molar-refractivity contribution in [2.24, 2.45) is 5.92 Å². The number of hydrazine groups is 1. The molecule has 4 N–H and O–H groups in total. The van der Waals surface area contributed by atoms with Gasteiger partial charge < -0.3 is 4.90 Å². The minimum absolute atomic E-state index is 0.105. The molecule has 0 spiro atoms. The first kappa shape index (κ1) is 25.2. The number of hydrogen-bond acceptors (Lipinski definition) is 9.